The van der Waals surface area contributed by atoms with E-state index in [0.717, 1.165) is 30.5 Å². The molecule has 3 atom stereocenters. The van der Waals surface area contributed by atoms with Gasteiger partial charge in [0.25, 0.3) is 0 Å². The van der Waals surface area contributed by atoms with Crippen molar-refractivity contribution in [1.82, 2.24) is 15.2 Å². The number of fused-ring (bicyclic) bond motifs is 2. The van der Waals surface area contributed by atoms with Crippen LogP contribution in [0.1, 0.15) is 37.7 Å². The molecule has 0 amide bonds. The highest BCUT2D eigenvalue weighted by atomic mass is 15.2. The van der Waals surface area contributed by atoms with Gasteiger partial charge in [0.2, 0.25) is 0 Å². The number of piperidine rings is 1. The van der Waals surface area contributed by atoms with E-state index in [4.69, 9.17) is 5.26 Å². The molecule has 3 saturated heterocycles. The molecule has 3 aliphatic rings. The highest BCUT2D eigenvalue weighted by Gasteiger charge is 2.38. The van der Waals surface area contributed by atoms with Crippen LogP contribution in [0.25, 0.3) is 0 Å². The number of aromatic nitrogens is 1. The Kier molecular flexibility index (Phi) is 3.73. The van der Waals surface area contributed by atoms with Crippen LogP contribution >= 0.6 is 0 Å². The summed E-state index contributed by atoms with van der Waals surface area (Å²) in [7, 11) is 0. The second kappa shape index (κ2) is 5.86. The Balaban J connectivity index is 1.33. The van der Waals surface area contributed by atoms with Crippen molar-refractivity contribution in [3.05, 3.63) is 23.9 Å². The molecule has 5 nitrogen and oxygen atoms in total. The van der Waals surface area contributed by atoms with E-state index in [1.54, 1.807) is 6.20 Å². The number of likely N-dealkylation sites (tertiary alicyclic amines) is 1. The molecule has 1 aromatic heterocycles. The van der Waals surface area contributed by atoms with Gasteiger partial charge in [-0.05, 0) is 44.2 Å². The molecule has 3 aliphatic heterocycles. The molecule has 22 heavy (non-hydrogen) atoms. The van der Waals surface area contributed by atoms with Gasteiger partial charge in [-0.15, -0.1) is 0 Å². The summed E-state index contributed by atoms with van der Waals surface area (Å²) in [6, 6.07) is 8.61. The molecule has 2 unspecified atom stereocenters. The first-order valence-corrected chi connectivity index (χ1v) is 8.43. The number of pyridine rings is 1. The van der Waals surface area contributed by atoms with E-state index < -0.39 is 0 Å². The summed E-state index contributed by atoms with van der Waals surface area (Å²) >= 11 is 0. The third-order valence-electron chi connectivity index (χ3n) is 5.43. The topological polar surface area (TPSA) is 64.0 Å². The first-order chi connectivity index (χ1) is 10.8. The largest absolute Gasteiger partial charge is 0.366 e. The molecule has 116 valence electrons. The third kappa shape index (κ3) is 2.81. The highest BCUT2D eigenvalue weighted by Crippen LogP contribution is 2.31. The highest BCUT2D eigenvalue weighted by molar-refractivity contribution is 5.40. The van der Waals surface area contributed by atoms with Crippen LogP contribution in [0.2, 0.25) is 0 Å². The smallest absolute Gasteiger partial charge is 0.126 e. The number of anilines is 1. The summed E-state index contributed by atoms with van der Waals surface area (Å²) in [4.78, 5) is 7.00. The normalized spacial score (nSPS) is 34.5. The maximum atomic E-state index is 8.82. The lowest BCUT2D eigenvalue weighted by Crippen LogP contribution is -2.47. The molecule has 0 spiro atoms. The molecule has 0 aromatic carbocycles. The monoisotopic (exact) mass is 297 g/mol. The van der Waals surface area contributed by atoms with Crippen molar-refractivity contribution in [2.75, 3.05) is 18.4 Å². The lowest BCUT2D eigenvalue weighted by molar-refractivity contribution is 0.171. The summed E-state index contributed by atoms with van der Waals surface area (Å²) in [5.41, 5.74) is 0.615. The maximum Gasteiger partial charge on any atom is 0.126 e. The van der Waals surface area contributed by atoms with Crippen molar-refractivity contribution in [2.45, 2.75) is 56.3 Å². The second-order valence-corrected chi connectivity index (χ2v) is 6.93. The molecule has 2 bridgehead atoms. The quantitative estimate of drug-likeness (QED) is 0.889. The Labute approximate surface area is 131 Å². The molecule has 3 fully saturated rings. The average molecular weight is 297 g/mol. The second-order valence-electron chi connectivity index (χ2n) is 6.93. The molecule has 5 heteroatoms. The molecule has 2 N–H and O–H groups in total. The van der Waals surface area contributed by atoms with E-state index in [0.29, 0.717) is 11.6 Å². The Morgan fingerprint density at radius 3 is 2.73 bits per heavy atom. The van der Waals surface area contributed by atoms with Gasteiger partial charge in [0.1, 0.15) is 11.9 Å². The van der Waals surface area contributed by atoms with Crippen LogP contribution in [-0.4, -0.2) is 47.1 Å². The molecule has 0 saturated carbocycles. The van der Waals surface area contributed by atoms with E-state index in [-0.39, 0.29) is 0 Å². The van der Waals surface area contributed by atoms with Crippen LogP contribution in [-0.2, 0) is 0 Å². The fraction of sp³-hybridized carbons (Fsp3) is 0.647. The van der Waals surface area contributed by atoms with Crippen LogP contribution in [0.15, 0.2) is 18.3 Å². The Bertz CT molecular complexity index is 551. The lowest BCUT2D eigenvalue weighted by Gasteiger charge is -2.35. The van der Waals surface area contributed by atoms with Gasteiger partial charge in [-0.3, -0.25) is 4.90 Å². The van der Waals surface area contributed by atoms with E-state index in [1.807, 2.05) is 12.1 Å². The van der Waals surface area contributed by atoms with Crippen LogP contribution in [0.4, 0.5) is 5.82 Å². The number of nitrogens with zero attached hydrogens (tertiary/aromatic N) is 3. The minimum atomic E-state index is 0.480. The van der Waals surface area contributed by atoms with E-state index in [2.05, 4.69) is 26.6 Å². The first-order valence-electron chi connectivity index (χ1n) is 8.43. The zero-order valence-corrected chi connectivity index (χ0v) is 12.8. The molecule has 4 heterocycles. The van der Waals surface area contributed by atoms with Gasteiger partial charge in [0.05, 0.1) is 5.56 Å². The van der Waals surface area contributed by atoms with Gasteiger partial charge in [-0.1, -0.05) is 0 Å². The van der Waals surface area contributed by atoms with Gasteiger partial charge in [0, 0.05) is 43.5 Å². The van der Waals surface area contributed by atoms with Crippen LogP contribution in [0.3, 0.4) is 0 Å². The summed E-state index contributed by atoms with van der Waals surface area (Å²) < 4.78 is 0. The van der Waals surface area contributed by atoms with Crippen LogP contribution in [0, 0.1) is 11.3 Å². The fourth-order valence-electron chi connectivity index (χ4n) is 4.32. The zero-order valence-electron chi connectivity index (χ0n) is 12.8. The van der Waals surface area contributed by atoms with Crippen molar-refractivity contribution in [2.24, 2.45) is 0 Å². The first kappa shape index (κ1) is 14.0. The minimum absolute atomic E-state index is 0.480. The number of nitriles is 1. The average Bonchev–Trinajstić information content (AvgIpc) is 3.15. The van der Waals surface area contributed by atoms with Crippen LogP contribution < -0.4 is 10.6 Å². The Morgan fingerprint density at radius 1 is 1.23 bits per heavy atom. The molecular formula is C17H23N5. The van der Waals surface area contributed by atoms with Gasteiger partial charge in [0.15, 0.2) is 0 Å². The van der Waals surface area contributed by atoms with Gasteiger partial charge < -0.3 is 10.6 Å². The summed E-state index contributed by atoms with van der Waals surface area (Å²) in [6.45, 7) is 2.31. The van der Waals surface area contributed by atoms with E-state index in [9.17, 15) is 0 Å². The number of hydrogen-bond donors (Lipinski definition) is 2. The Morgan fingerprint density at radius 2 is 2.05 bits per heavy atom. The number of nitrogens with one attached hydrogen (secondary N) is 2. The van der Waals surface area contributed by atoms with Crippen molar-refractivity contribution in [3.8, 4) is 6.07 Å². The number of rotatable bonds is 3. The standard InChI is InChI=1S/C17H23N5/c18-9-12-1-4-17(19-10-12)21-15-5-6-22(11-15)16-7-13-2-3-14(8-16)20-13/h1,4,10,13-16,20H,2-3,5-8,11H2,(H,19,21)/t13?,14?,15-,16?/m1/s1. The predicted octanol–water partition coefficient (Wildman–Crippen LogP) is 1.72. The van der Waals surface area contributed by atoms with Crippen LogP contribution in [0.5, 0.6) is 0 Å². The van der Waals surface area contributed by atoms with Crippen molar-refractivity contribution < 1.29 is 0 Å². The Hall–Kier alpha value is -1.64. The van der Waals surface area contributed by atoms with Crippen molar-refractivity contribution in [3.63, 3.8) is 0 Å². The zero-order chi connectivity index (χ0) is 14.9. The molecule has 0 aliphatic carbocycles. The molecular weight excluding hydrogens is 274 g/mol. The third-order valence-corrected chi connectivity index (χ3v) is 5.43. The summed E-state index contributed by atoms with van der Waals surface area (Å²) in [6.07, 6.45) is 8.19. The van der Waals surface area contributed by atoms with Gasteiger partial charge in [-0.2, -0.15) is 5.26 Å². The molecule has 4 rings (SSSR count). The lowest BCUT2D eigenvalue weighted by atomic mass is 9.98. The maximum absolute atomic E-state index is 8.82. The van der Waals surface area contributed by atoms with E-state index >= 15 is 0 Å². The van der Waals surface area contributed by atoms with Crippen molar-refractivity contribution >= 4 is 5.82 Å². The molecule has 0 radical (unpaired) electrons. The SMILES string of the molecule is N#Cc1ccc(N[C@@H]2CCN(C3CC4CCC(C3)N4)C2)nc1. The van der Waals surface area contributed by atoms with Gasteiger partial charge in [-0.25, -0.2) is 4.98 Å². The minimum Gasteiger partial charge on any atom is -0.366 e. The van der Waals surface area contributed by atoms with Crippen molar-refractivity contribution in [1.29, 1.82) is 5.26 Å². The summed E-state index contributed by atoms with van der Waals surface area (Å²) in [5, 5.41) is 16.1. The predicted molar refractivity (Wildman–Crippen MR) is 85.5 cm³/mol. The number of hydrogen-bond acceptors (Lipinski definition) is 5. The molecule has 1 aromatic rings. The fourth-order valence-corrected chi connectivity index (χ4v) is 4.32. The van der Waals surface area contributed by atoms with Gasteiger partial charge >= 0.3 is 0 Å². The summed E-state index contributed by atoms with van der Waals surface area (Å²) in [5.74, 6) is 0.885. The van der Waals surface area contributed by atoms with E-state index in [1.165, 1.54) is 38.6 Å².